The van der Waals surface area contributed by atoms with Crippen LogP contribution in [0.25, 0.3) is 22.6 Å². The fourth-order valence-corrected chi connectivity index (χ4v) is 1.95. The number of carboxylic acid groups (broad SMARTS) is 1. The molecular formula is C13H10N6O2. The van der Waals surface area contributed by atoms with E-state index in [4.69, 9.17) is 11.5 Å². The van der Waals surface area contributed by atoms with Gasteiger partial charge in [0, 0.05) is 12.4 Å². The van der Waals surface area contributed by atoms with E-state index in [-0.39, 0.29) is 28.3 Å². The number of nitrogens with two attached hydrogens (primary N) is 2. The van der Waals surface area contributed by atoms with E-state index in [1.165, 1.54) is 30.7 Å². The second kappa shape index (κ2) is 4.67. The van der Waals surface area contributed by atoms with E-state index in [2.05, 4.69) is 19.9 Å². The Labute approximate surface area is 118 Å². The third-order valence-electron chi connectivity index (χ3n) is 2.96. The first-order chi connectivity index (χ1) is 10.1. The minimum absolute atomic E-state index is 0.0232. The molecule has 0 amide bonds. The third kappa shape index (κ3) is 2.08. The zero-order valence-corrected chi connectivity index (χ0v) is 10.7. The summed E-state index contributed by atoms with van der Waals surface area (Å²) in [6, 6.07) is 2.80. The summed E-state index contributed by atoms with van der Waals surface area (Å²) < 4.78 is 0. The van der Waals surface area contributed by atoms with Gasteiger partial charge in [-0.05, 0) is 12.1 Å². The van der Waals surface area contributed by atoms with Crippen LogP contribution in [-0.4, -0.2) is 31.0 Å². The van der Waals surface area contributed by atoms with E-state index in [0.29, 0.717) is 11.2 Å². The molecule has 1 aromatic carbocycles. The van der Waals surface area contributed by atoms with Crippen molar-refractivity contribution in [2.24, 2.45) is 0 Å². The Balaban J connectivity index is 2.31. The minimum Gasteiger partial charge on any atom is -0.478 e. The highest BCUT2D eigenvalue weighted by molar-refractivity contribution is 6.01. The van der Waals surface area contributed by atoms with E-state index >= 15 is 0 Å². The smallest absolute Gasteiger partial charge is 0.336 e. The molecule has 3 aromatic rings. The molecule has 0 bridgehead atoms. The Bertz CT molecular complexity index is 864. The summed E-state index contributed by atoms with van der Waals surface area (Å²) in [6.45, 7) is 0. The molecule has 2 aromatic heterocycles. The van der Waals surface area contributed by atoms with Gasteiger partial charge in [-0.1, -0.05) is 0 Å². The van der Waals surface area contributed by atoms with Gasteiger partial charge < -0.3 is 16.6 Å². The number of rotatable bonds is 2. The van der Waals surface area contributed by atoms with E-state index in [9.17, 15) is 9.90 Å². The second-order valence-electron chi connectivity index (χ2n) is 4.25. The molecule has 5 N–H and O–H groups in total. The van der Waals surface area contributed by atoms with Crippen LogP contribution in [0.2, 0.25) is 0 Å². The molecule has 8 heteroatoms. The third-order valence-corrected chi connectivity index (χ3v) is 2.96. The van der Waals surface area contributed by atoms with Gasteiger partial charge in [-0.25, -0.2) is 24.7 Å². The standard InChI is InChI=1S/C13H10N6O2/c14-7-2-1-6(13(20)21)9(10(7)15)12-18-5-8-11(19-12)17-4-3-16-8/h1-5H,14-15H2,(H,20,21). The van der Waals surface area contributed by atoms with Gasteiger partial charge >= 0.3 is 5.97 Å². The van der Waals surface area contributed by atoms with E-state index < -0.39 is 5.97 Å². The van der Waals surface area contributed by atoms with Crippen molar-refractivity contribution < 1.29 is 9.90 Å². The number of nitrogens with zero attached hydrogens (tertiary/aromatic N) is 4. The Hall–Kier alpha value is -3.29. The van der Waals surface area contributed by atoms with Gasteiger partial charge in [0.25, 0.3) is 0 Å². The quantitative estimate of drug-likeness (QED) is 0.590. The number of nitrogen functional groups attached to an aromatic ring is 2. The Morgan fingerprint density at radius 2 is 1.86 bits per heavy atom. The van der Waals surface area contributed by atoms with Crippen LogP contribution in [0.1, 0.15) is 10.4 Å². The number of fused-ring (bicyclic) bond motifs is 1. The van der Waals surface area contributed by atoms with Crippen molar-refractivity contribution in [3.8, 4) is 11.4 Å². The Kier molecular flexibility index (Phi) is 2.83. The van der Waals surface area contributed by atoms with Gasteiger partial charge in [-0.2, -0.15) is 0 Å². The van der Waals surface area contributed by atoms with Crippen molar-refractivity contribution in [2.45, 2.75) is 0 Å². The highest BCUT2D eigenvalue weighted by Gasteiger charge is 2.19. The Morgan fingerprint density at radius 3 is 2.62 bits per heavy atom. The number of hydrogen-bond acceptors (Lipinski definition) is 7. The van der Waals surface area contributed by atoms with Gasteiger partial charge in [-0.15, -0.1) is 0 Å². The van der Waals surface area contributed by atoms with Crippen molar-refractivity contribution >= 4 is 28.5 Å². The summed E-state index contributed by atoms with van der Waals surface area (Å²) >= 11 is 0. The molecule has 0 atom stereocenters. The molecule has 0 spiro atoms. The van der Waals surface area contributed by atoms with Crippen molar-refractivity contribution in [3.63, 3.8) is 0 Å². The first-order valence-electron chi connectivity index (χ1n) is 5.93. The summed E-state index contributed by atoms with van der Waals surface area (Å²) in [5.74, 6) is -0.996. The first-order valence-corrected chi connectivity index (χ1v) is 5.93. The molecule has 8 nitrogen and oxygen atoms in total. The topological polar surface area (TPSA) is 141 Å². The van der Waals surface area contributed by atoms with Crippen LogP contribution in [0.3, 0.4) is 0 Å². The average molecular weight is 282 g/mol. The number of hydrogen-bond donors (Lipinski definition) is 3. The van der Waals surface area contributed by atoms with E-state index in [1.807, 2.05) is 0 Å². The van der Waals surface area contributed by atoms with Gasteiger partial charge in [0.1, 0.15) is 5.52 Å². The maximum Gasteiger partial charge on any atom is 0.336 e. The van der Waals surface area contributed by atoms with Crippen molar-refractivity contribution in [1.29, 1.82) is 0 Å². The average Bonchev–Trinajstić information content (AvgIpc) is 2.49. The van der Waals surface area contributed by atoms with Crippen LogP contribution in [0.4, 0.5) is 11.4 Å². The lowest BCUT2D eigenvalue weighted by Crippen LogP contribution is -2.07. The van der Waals surface area contributed by atoms with Crippen molar-refractivity contribution in [3.05, 3.63) is 36.3 Å². The highest BCUT2D eigenvalue weighted by atomic mass is 16.4. The highest BCUT2D eigenvalue weighted by Crippen LogP contribution is 2.32. The summed E-state index contributed by atoms with van der Waals surface area (Å²) in [5, 5.41) is 9.28. The van der Waals surface area contributed by atoms with Gasteiger partial charge in [0.2, 0.25) is 0 Å². The summed E-state index contributed by atoms with van der Waals surface area (Å²) in [5.41, 5.74) is 13.0. The molecule has 0 aliphatic rings. The second-order valence-corrected chi connectivity index (χ2v) is 4.25. The number of anilines is 2. The SMILES string of the molecule is Nc1ccc(C(=O)O)c(-c2ncc3nccnc3n2)c1N. The first kappa shape index (κ1) is 12.7. The normalized spacial score (nSPS) is 10.7. The maximum atomic E-state index is 11.3. The van der Waals surface area contributed by atoms with E-state index in [1.54, 1.807) is 0 Å². The molecule has 21 heavy (non-hydrogen) atoms. The number of aromatic nitrogens is 4. The largest absolute Gasteiger partial charge is 0.478 e. The monoisotopic (exact) mass is 282 g/mol. The molecule has 0 radical (unpaired) electrons. The van der Waals surface area contributed by atoms with Gasteiger partial charge in [0.05, 0.1) is 28.7 Å². The molecule has 0 aliphatic heterocycles. The van der Waals surface area contributed by atoms with Crippen LogP contribution in [0.5, 0.6) is 0 Å². The van der Waals surface area contributed by atoms with Crippen molar-refractivity contribution in [1.82, 2.24) is 19.9 Å². The predicted molar refractivity (Wildman–Crippen MR) is 76.3 cm³/mol. The molecule has 3 rings (SSSR count). The number of aromatic carboxylic acids is 1. The van der Waals surface area contributed by atoms with Crippen LogP contribution < -0.4 is 11.5 Å². The Morgan fingerprint density at radius 1 is 1.10 bits per heavy atom. The minimum atomic E-state index is -1.14. The molecule has 0 saturated carbocycles. The lowest BCUT2D eigenvalue weighted by molar-refractivity contribution is 0.0697. The molecule has 0 saturated heterocycles. The van der Waals surface area contributed by atoms with Crippen LogP contribution in [0.15, 0.2) is 30.7 Å². The number of carboxylic acids is 1. The fourth-order valence-electron chi connectivity index (χ4n) is 1.95. The number of carbonyl (C=O) groups is 1. The zero-order chi connectivity index (χ0) is 15.0. The van der Waals surface area contributed by atoms with Crippen LogP contribution in [0, 0.1) is 0 Å². The predicted octanol–water partition coefficient (Wildman–Crippen LogP) is 0.949. The van der Waals surface area contributed by atoms with Crippen LogP contribution in [-0.2, 0) is 0 Å². The summed E-state index contributed by atoms with van der Waals surface area (Å²) in [7, 11) is 0. The number of benzene rings is 1. The molecular weight excluding hydrogens is 272 g/mol. The molecule has 0 fully saturated rings. The maximum absolute atomic E-state index is 11.3. The van der Waals surface area contributed by atoms with Gasteiger partial charge in [-0.3, -0.25) is 0 Å². The molecule has 104 valence electrons. The lowest BCUT2D eigenvalue weighted by Gasteiger charge is -2.10. The molecule has 0 unspecified atom stereocenters. The lowest BCUT2D eigenvalue weighted by atomic mass is 10.0. The fraction of sp³-hybridized carbons (Fsp3) is 0. The summed E-state index contributed by atoms with van der Waals surface area (Å²) in [6.07, 6.45) is 4.46. The van der Waals surface area contributed by atoms with E-state index in [0.717, 1.165) is 0 Å². The van der Waals surface area contributed by atoms with Crippen LogP contribution >= 0.6 is 0 Å². The van der Waals surface area contributed by atoms with Gasteiger partial charge in [0.15, 0.2) is 11.5 Å². The molecule has 2 heterocycles. The molecule has 0 aliphatic carbocycles. The zero-order valence-electron chi connectivity index (χ0n) is 10.7. The van der Waals surface area contributed by atoms with Crippen molar-refractivity contribution in [2.75, 3.05) is 11.5 Å². The summed E-state index contributed by atoms with van der Waals surface area (Å²) in [4.78, 5) is 27.8.